The molecule has 4 N–H and O–H groups in total. The minimum Gasteiger partial charge on any atom is -0.462 e. The first-order chi connectivity index (χ1) is 28.8. The van der Waals surface area contributed by atoms with Crippen LogP contribution in [0.25, 0.3) is 0 Å². The van der Waals surface area contributed by atoms with Gasteiger partial charge in [-0.05, 0) is 90.9 Å². The van der Waals surface area contributed by atoms with Crippen LogP contribution >= 0.6 is 0 Å². The van der Waals surface area contributed by atoms with Gasteiger partial charge in [0.05, 0.1) is 49.6 Å². The summed E-state index contributed by atoms with van der Waals surface area (Å²) in [5, 5.41) is 45.3. The third-order valence-corrected chi connectivity index (χ3v) is 13.5. The van der Waals surface area contributed by atoms with Crippen molar-refractivity contribution in [1.29, 1.82) is 0 Å². The normalized spacial score (nSPS) is 44.3. The third-order valence-electron chi connectivity index (χ3n) is 13.5. The molecule has 61 heavy (non-hydrogen) atoms. The number of likely N-dealkylation sites (tertiary alicyclic amines) is 1. The number of piperidine rings is 1. The maximum absolute atomic E-state index is 14.0. The predicted molar refractivity (Wildman–Crippen MR) is 229 cm³/mol. The number of aliphatic hydroxyl groups excluding tert-OH is 4. The topological polar surface area (TPSA) is 186 Å². The van der Waals surface area contributed by atoms with Gasteiger partial charge in [0, 0.05) is 45.1 Å². The predicted octanol–water partition coefficient (Wildman–Crippen LogP) is 3.34. The van der Waals surface area contributed by atoms with Gasteiger partial charge in [-0.1, -0.05) is 52.3 Å². The summed E-state index contributed by atoms with van der Waals surface area (Å²) in [4.78, 5) is 32.1. The second-order valence-corrected chi connectivity index (χ2v) is 18.9. The highest BCUT2D eigenvalue weighted by Crippen LogP contribution is 2.36. The number of ether oxygens (including phenoxy) is 7. The Morgan fingerprint density at radius 1 is 0.820 bits per heavy atom. The summed E-state index contributed by atoms with van der Waals surface area (Å²) in [6.45, 7) is 18.2. The number of ketones is 1. The average Bonchev–Trinajstić information content (AvgIpc) is 3.19. The molecule has 4 aliphatic heterocycles. The van der Waals surface area contributed by atoms with Gasteiger partial charge >= 0.3 is 5.97 Å². The van der Waals surface area contributed by atoms with Gasteiger partial charge in [-0.15, -0.1) is 0 Å². The van der Waals surface area contributed by atoms with Gasteiger partial charge in [0.2, 0.25) is 0 Å². The number of cyclic esters (lactones) is 1. The molecule has 15 nitrogen and oxygen atoms in total. The summed E-state index contributed by atoms with van der Waals surface area (Å²) >= 11 is 0. The van der Waals surface area contributed by atoms with E-state index in [1.807, 2.05) is 33.8 Å². The number of allylic oxidation sites excluding steroid dienone is 3. The van der Waals surface area contributed by atoms with Crippen molar-refractivity contribution < 1.29 is 63.2 Å². The Morgan fingerprint density at radius 3 is 2.05 bits per heavy atom. The summed E-state index contributed by atoms with van der Waals surface area (Å²) in [6.07, 6.45) is -2.96. The van der Waals surface area contributed by atoms with E-state index in [1.165, 1.54) is 20.6 Å². The highest BCUT2D eigenvalue weighted by molar-refractivity contribution is 5.91. The smallest absolute Gasteiger partial charge is 0.308 e. The first-order valence-electron chi connectivity index (χ1n) is 22.6. The van der Waals surface area contributed by atoms with Crippen molar-refractivity contribution in [2.45, 2.75) is 167 Å². The number of aliphatic hydroxyl groups is 4. The summed E-state index contributed by atoms with van der Waals surface area (Å²) in [5.41, 5.74) is 0.761. The molecule has 4 aliphatic rings. The molecule has 0 spiro atoms. The van der Waals surface area contributed by atoms with Crippen LogP contribution in [0, 0.1) is 35.5 Å². The van der Waals surface area contributed by atoms with Crippen molar-refractivity contribution in [3.63, 3.8) is 0 Å². The van der Waals surface area contributed by atoms with Crippen molar-refractivity contribution in [2.75, 3.05) is 54.6 Å². The van der Waals surface area contributed by atoms with E-state index >= 15 is 0 Å². The molecule has 0 aliphatic carbocycles. The highest BCUT2D eigenvalue weighted by Gasteiger charge is 2.48. The molecule has 0 aromatic heterocycles. The molecular formula is C46H80N2O13. The van der Waals surface area contributed by atoms with E-state index in [1.54, 1.807) is 45.0 Å². The van der Waals surface area contributed by atoms with Gasteiger partial charge in [0.25, 0.3) is 0 Å². The Morgan fingerprint density at radius 2 is 1.44 bits per heavy atom. The number of likely N-dealkylation sites (N-methyl/N-ethyl adjacent to an activating group) is 1. The first-order valence-corrected chi connectivity index (χ1v) is 22.6. The largest absolute Gasteiger partial charge is 0.462 e. The number of carbonyl (C=O) groups excluding carboxylic acids is 2. The number of hydrogen-bond acceptors (Lipinski definition) is 15. The molecule has 15 heteroatoms. The number of methoxy groups -OCH3 is 2. The molecule has 352 valence electrons. The Kier molecular flexibility index (Phi) is 20.3. The van der Waals surface area contributed by atoms with Crippen LogP contribution in [0.15, 0.2) is 23.8 Å². The number of nitrogens with zero attached hydrogens (tertiary/aromatic N) is 2. The minimum absolute atomic E-state index is 0.0427. The van der Waals surface area contributed by atoms with Crippen LogP contribution in [-0.2, 0) is 42.7 Å². The van der Waals surface area contributed by atoms with Crippen LogP contribution in [0.1, 0.15) is 87.5 Å². The SMILES string of the molecule is CC[C@@H]1OC(=O)C[C@@H](O)[C@H](C)[C@@H](O[C@@H]2O[C@H](C)[C@@H](O)[C@H](N(C)C)[C@H]2O)[C@@H](CCN2C[C@H](C)C[C@H](C)C2)C[C@@H](C)C(=O)/C=C\C(C)=C/[C@@H]1CO[C@@H]1O[C@H](C)[C@@H](O)[C@@H](OC)[C@H]1OC. The van der Waals surface area contributed by atoms with Gasteiger partial charge in [-0.25, -0.2) is 0 Å². The van der Waals surface area contributed by atoms with Crippen LogP contribution in [0.5, 0.6) is 0 Å². The van der Waals surface area contributed by atoms with Crippen LogP contribution in [0.3, 0.4) is 0 Å². The maximum Gasteiger partial charge on any atom is 0.308 e. The summed E-state index contributed by atoms with van der Waals surface area (Å²) < 4.78 is 42.6. The lowest BCUT2D eigenvalue weighted by Gasteiger charge is -2.47. The Balaban J connectivity index is 1.68. The molecular weight excluding hydrogens is 789 g/mol. The van der Waals surface area contributed by atoms with Gasteiger partial charge in [-0.3, -0.25) is 9.59 Å². The summed E-state index contributed by atoms with van der Waals surface area (Å²) in [7, 11) is 6.54. The molecule has 0 aromatic carbocycles. The molecule has 0 saturated carbocycles. The van der Waals surface area contributed by atoms with Gasteiger partial charge in [0.1, 0.15) is 30.5 Å². The quantitative estimate of drug-likeness (QED) is 0.209. The first kappa shape index (κ1) is 51.8. The van der Waals surface area contributed by atoms with E-state index in [-0.39, 0.29) is 24.7 Å². The highest BCUT2D eigenvalue weighted by atomic mass is 16.7. The third kappa shape index (κ3) is 13.8. The lowest BCUT2D eigenvalue weighted by atomic mass is 9.79. The fourth-order valence-corrected chi connectivity index (χ4v) is 10.0. The standard InChI is InChI=1S/C46H80N2O13/c1-13-36-33(24-57-46-44(56-12)43(55-11)40(53)31(8)59-46)19-25(2)14-15-34(49)28(5)20-32(16-17-48-22-26(3)18-27(4)23-48)42(29(6)35(50)21-37(51)60-36)61-45-41(54)38(47(9)10)39(52)30(7)58-45/h14-15,19,26-33,35-36,38-46,50,52-54H,13,16-18,20-24H2,1-12H3/b15-14-,25-19-/t26-,27+,28-,29+,30-,31-,32+,33-,35-,36+,38+,39-,40-,41-,42-,43-,44-,45+,46-/m1/s1. The Labute approximate surface area is 365 Å². The van der Waals surface area contributed by atoms with Crippen LogP contribution < -0.4 is 0 Å². The second kappa shape index (κ2) is 23.9. The molecule has 0 aromatic rings. The second-order valence-electron chi connectivity index (χ2n) is 18.9. The van der Waals surface area contributed by atoms with E-state index in [0.717, 1.165) is 25.2 Å². The Hall–Kier alpha value is -1.86. The van der Waals surface area contributed by atoms with Crippen molar-refractivity contribution in [3.05, 3.63) is 23.8 Å². The zero-order valence-electron chi connectivity index (χ0n) is 38.9. The zero-order chi connectivity index (χ0) is 45.3. The lowest BCUT2D eigenvalue weighted by Crippen LogP contribution is -2.63. The molecule has 19 atom stereocenters. The Bertz CT molecular complexity index is 1420. The fraction of sp³-hybridized carbons (Fsp3) is 0.870. The molecule has 0 radical (unpaired) electrons. The van der Waals surface area contributed by atoms with Crippen LogP contribution in [0.2, 0.25) is 0 Å². The molecule has 4 rings (SSSR count). The maximum atomic E-state index is 14.0. The molecule has 0 amide bonds. The van der Waals surface area contributed by atoms with Crippen molar-refractivity contribution >= 4 is 11.8 Å². The zero-order valence-corrected chi connectivity index (χ0v) is 38.9. The molecule has 0 bridgehead atoms. The van der Waals surface area contributed by atoms with Gasteiger partial charge < -0.3 is 63.4 Å². The van der Waals surface area contributed by atoms with E-state index in [0.29, 0.717) is 31.1 Å². The molecule has 0 unspecified atom stereocenters. The van der Waals surface area contributed by atoms with E-state index in [9.17, 15) is 30.0 Å². The van der Waals surface area contributed by atoms with Gasteiger partial charge in [-0.2, -0.15) is 0 Å². The van der Waals surface area contributed by atoms with Crippen LogP contribution in [-0.4, -0.2) is 176 Å². The van der Waals surface area contributed by atoms with Gasteiger partial charge in [0.15, 0.2) is 18.4 Å². The van der Waals surface area contributed by atoms with Crippen molar-refractivity contribution in [1.82, 2.24) is 9.80 Å². The van der Waals surface area contributed by atoms with Crippen molar-refractivity contribution in [2.24, 2.45) is 35.5 Å². The van der Waals surface area contributed by atoms with E-state index in [2.05, 4.69) is 18.7 Å². The molecule has 3 fully saturated rings. The molecule has 4 heterocycles. The number of carbonyl (C=O) groups is 2. The van der Waals surface area contributed by atoms with Crippen LogP contribution in [0.4, 0.5) is 0 Å². The molecule has 3 saturated heterocycles. The lowest BCUT2D eigenvalue weighted by molar-refractivity contribution is -0.304. The van der Waals surface area contributed by atoms with E-state index < -0.39 is 103 Å². The van der Waals surface area contributed by atoms with E-state index in [4.69, 9.17) is 33.2 Å². The number of esters is 1. The average molecular weight is 869 g/mol. The minimum atomic E-state index is -1.23. The number of hydrogen-bond donors (Lipinski definition) is 4. The summed E-state index contributed by atoms with van der Waals surface area (Å²) in [6, 6.07) is -0.684. The van der Waals surface area contributed by atoms with Crippen molar-refractivity contribution in [3.8, 4) is 0 Å². The monoisotopic (exact) mass is 869 g/mol. The fourth-order valence-electron chi connectivity index (χ4n) is 10.0. The number of rotatable bonds is 12. The summed E-state index contributed by atoms with van der Waals surface area (Å²) in [5.74, 6) is -1.46.